The van der Waals surface area contributed by atoms with E-state index in [1.54, 1.807) is 6.92 Å². The van der Waals surface area contributed by atoms with Gasteiger partial charge in [0, 0.05) is 0 Å². The third kappa shape index (κ3) is 4.20. The average Bonchev–Trinajstić information content (AvgIpc) is 2.26. The maximum atomic E-state index is 12.1. The molecule has 3 N–H and O–H groups in total. The number of carbonyl (C=O) groups is 2. The third-order valence-electron chi connectivity index (χ3n) is 3.76. The molecule has 0 heterocycles. The summed E-state index contributed by atoms with van der Waals surface area (Å²) < 4.78 is 5.35. The van der Waals surface area contributed by atoms with Gasteiger partial charge in [-0.3, -0.25) is 9.59 Å². The Morgan fingerprint density at radius 3 is 1.95 bits per heavy atom. The van der Waals surface area contributed by atoms with Crippen LogP contribution >= 0.6 is 0 Å². The monoisotopic (exact) mass is 271 g/mol. The van der Waals surface area contributed by atoms with Crippen LogP contribution in [0.4, 0.5) is 0 Å². The maximum absolute atomic E-state index is 12.1. The van der Waals surface area contributed by atoms with Crippen LogP contribution in [0, 0.1) is 11.8 Å². The summed E-state index contributed by atoms with van der Waals surface area (Å²) in [5.74, 6) is -1.48. The number of carboxylic acids is 1. The molecular weight excluding hydrogens is 246 g/mol. The van der Waals surface area contributed by atoms with E-state index in [0.717, 1.165) is 0 Å². The molecule has 0 spiro atoms. The lowest BCUT2D eigenvalue weighted by Gasteiger charge is -2.37. The van der Waals surface area contributed by atoms with Crippen LogP contribution in [-0.2, 0) is 14.3 Å². The smallest absolute Gasteiger partial charge is 0.326 e. The van der Waals surface area contributed by atoms with Gasteiger partial charge in [0.25, 0.3) is 0 Å². The fourth-order valence-electron chi connectivity index (χ4n) is 2.49. The Morgan fingerprint density at radius 1 is 1.11 bits per heavy atom. The van der Waals surface area contributed by atoms with E-state index < -0.39 is 23.1 Å². The minimum atomic E-state index is -1.04. The molecule has 1 saturated carbocycles. The molecule has 0 bridgehead atoms. The third-order valence-corrected chi connectivity index (χ3v) is 3.76. The molecule has 5 nitrogen and oxygen atoms in total. The zero-order valence-electron chi connectivity index (χ0n) is 12.2. The van der Waals surface area contributed by atoms with Gasteiger partial charge in [-0.1, -0.05) is 0 Å². The number of rotatable bonds is 3. The minimum absolute atomic E-state index is 0.0158. The molecule has 0 radical (unpaired) electrons. The average molecular weight is 271 g/mol. The van der Waals surface area contributed by atoms with Crippen LogP contribution in [0.2, 0.25) is 0 Å². The van der Waals surface area contributed by atoms with E-state index >= 15 is 0 Å². The number of aliphatic carboxylic acids is 1. The van der Waals surface area contributed by atoms with Gasteiger partial charge in [-0.15, -0.1) is 0 Å². The van der Waals surface area contributed by atoms with Crippen LogP contribution in [0.15, 0.2) is 0 Å². The molecular formula is C14H25NO4. The predicted molar refractivity (Wildman–Crippen MR) is 71.5 cm³/mol. The van der Waals surface area contributed by atoms with Gasteiger partial charge in [-0.2, -0.15) is 0 Å². The summed E-state index contributed by atoms with van der Waals surface area (Å²) in [6.07, 6.45) is 2.47. The van der Waals surface area contributed by atoms with Crippen LogP contribution in [-0.4, -0.2) is 28.2 Å². The lowest BCUT2D eigenvalue weighted by atomic mass is 9.73. The summed E-state index contributed by atoms with van der Waals surface area (Å²) in [5.41, 5.74) is 4.54. The Bertz CT molecular complexity index is 349. The van der Waals surface area contributed by atoms with Crippen molar-refractivity contribution in [3.05, 3.63) is 0 Å². The molecule has 0 aromatic carbocycles. The molecule has 1 fully saturated rings. The van der Waals surface area contributed by atoms with E-state index in [1.165, 1.54) is 0 Å². The molecule has 0 aromatic heterocycles. The van der Waals surface area contributed by atoms with E-state index in [0.29, 0.717) is 25.7 Å². The quantitative estimate of drug-likeness (QED) is 0.766. The van der Waals surface area contributed by atoms with Gasteiger partial charge in [-0.05, 0) is 59.3 Å². The molecule has 1 atom stereocenters. The highest BCUT2D eigenvalue weighted by atomic mass is 16.6. The van der Waals surface area contributed by atoms with Crippen molar-refractivity contribution in [2.24, 2.45) is 17.6 Å². The standard InChI is InChI=1S/C14H25NO4/c1-13(2,3)19-12(18)14(4,15)10-7-5-9(6-8-10)11(16)17/h9-10H,5-8,15H2,1-4H3,(H,16,17)/t9-,10-,14?. The first kappa shape index (κ1) is 16.0. The van der Waals surface area contributed by atoms with Crippen LogP contribution < -0.4 is 5.73 Å². The number of hydrogen-bond acceptors (Lipinski definition) is 4. The molecule has 0 aromatic rings. The SMILES string of the molecule is CC(C)(C)OC(=O)C(C)(N)[C@H]1CC[C@H](C(=O)O)CC1. The number of carbonyl (C=O) groups excluding carboxylic acids is 1. The molecule has 19 heavy (non-hydrogen) atoms. The number of hydrogen-bond donors (Lipinski definition) is 2. The number of ether oxygens (including phenoxy) is 1. The van der Waals surface area contributed by atoms with Crippen molar-refractivity contribution in [3.63, 3.8) is 0 Å². The lowest BCUT2D eigenvalue weighted by molar-refractivity contribution is -0.164. The summed E-state index contributed by atoms with van der Waals surface area (Å²) in [6, 6.07) is 0. The number of esters is 1. The first-order chi connectivity index (χ1) is 8.54. The highest BCUT2D eigenvalue weighted by molar-refractivity contribution is 5.81. The summed E-state index contributed by atoms with van der Waals surface area (Å²) >= 11 is 0. The second kappa shape index (κ2) is 5.49. The van der Waals surface area contributed by atoms with Crippen molar-refractivity contribution in [1.29, 1.82) is 0 Å². The maximum Gasteiger partial charge on any atom is 0.326 e. The van der Waals surface area contributed by atoms with Crippen LogP contribution in [0.1, 0.15) is 53.4 Å². The van der Waals surface area contributed by atoms with E-state index in [2.05, 4.69) is 0 Å². The molecule has 0 aliphatic heterocycles. The van der Waals surface area contributed by atoms with Gasteiger partial charge in [-0.25, -0.2) is 0 Å². The van der Waals surface area contributed by atoms with Gasteiger partial charge in [0.1, 0.15) is 11.1 Å². The summed E-state index contributed by atoms with van der Waals surface area (Å²) in [7, 11) is 0. The van der Waals surface area contributed by atoms with Crippen molar-refractivity contribution in [3.8, 4) is 0 Å². The van der Waals surface area contributed by atoms with Crippen LogP contribution in [0.3, 0.4) is 0 Å². The highest BCUT2D eigenvalue weighted by Gasteiger charge is 2.42. The van der Waals surface area contributed by atoms with E-state index in [1.807, 2.05) is 20.8 Å². The van der Waals surface area contributed by atoms with Crippen molar-refractivity contribution in [1.82, 2.24) is 0 Å². The second-order valence-corrected chi connectivity index (χ2v) is 6.67. The molecule has 5 heteroatoms. The topological polar surface area (TPSA) is 89.6 Å². The molecule has 0 amide bonds. The molecule has 1 aliphatic rings. The number of carboxylic acid groups (broad SMARTS) is 1. The fraction of sp³-hybridized carbons (Fsp3) is 0.857. The zero-order valence-corrected chi connectivity index (χ0v) is 12.2. The first-order valence-electron chi connectivity index (χ1n) is 6.79. The molecule has 1 aliphatic carbocycles. The fourth-order valence-corrected chi connectivity index (χ4v) is 2.49. The first-order valence-corrected chi connectivity index (χ1v) is 6.79. The highest BCUT2D eigenvalue weighted by Crippen LogP contribution is 2.35. The largest absolute Gasteiger partial charge is 0.481 e. The van der Waals surface area contributed by atoms with Crippen molar-refractivity contribution in [2.45, 2.75) is 64.5 Å². The second-order valence-electron chi connectivity index (χ2n) is 6.67. The Morgan fingerprint density at radius 2 is 1.58 bits per heavy atom. The zero-order chi connectivity index (χ0) is 14.8. The minimum Gasteiger partial charge on any atom is -0.481 e. The van der Waals surface area contributed by atoms with Gasteiger partial charge in [0.15, 0.2) is 0 Å². The Hall–Kier alpha value is -1.10. The lowest BCUT2D eigenvalue weighted by Crippen LogP contribution is -2.55. The predicted octanol–water partition coefficient (Wildman–Crippen LogP) is 1.94. The van der Waals surface area contributed by atoms with E-state index in [4.69, 9.17) is 15.6 Å². The van der Waals surface area contributed by atoms with E-state index in [-0.39, 0.29) is 11.8 Å². The Balaban J connectivity index is 2.64. The van der Waals surface area contributed by atoms with Crippen LogP contribution in [0.5, 0.6) is 0 Å². The summed E-state index contributed by atoms with van der Waals surface area (Å²) in [6.45, 7) is 7.11. The van der Waals surface area contributed by atoms with Gasteiger partial charge in [0.05, 0.1) is 5.92 Å². The van der Waals surface area contributed by atoms with Crippen molar-refractivity contribution < 1.29 is 19.4 Å². The van der Waals surface area contributed by atoms with Gasteiger partial charge >= 0.3 is 11.9 Å². The van der Waals surface area contributed by atoms with E-state index in [9.17, 15) is 9.59 Å². The number of nitrogens with two attached hydrogens (primary N) is 1. The molecule has 0 saturated heterocycles. The Kier molecular flexibility index (Phi) is 4.61. The molecule has 1 unspecified atom stereocenters. The van der Waals surface area contributed by atoms with Crippen molar-refractivity contribution in [2.75, 3.05) is 0 Å². The summed E-state index contributed by atoms with van der Waals surface area (Å²) in [4.78, 5) is 23.0. The normalized spacial score (nSPS) is 27.4. The van der Waals surface area contributed by atoms with Gasteiger partial charge < -0.3 is 15.6 Å². The molecule has 110 valence electrons. The summed E-state index contributed by atoms with van der Waals surface area (Å²) in [5, 5.41) is 8.97. The molecule has 1 rings (SSSR count). The van der Waals surface area contributed by atoms with Crippen molar-refractivity contribution >= 4 is 11.9 Å². The van der Waals surface area contributed by atoms with Gasteiger partial charge in [0.2, 0.25) is 0 Å². The Labute approximate surface area is 114 Å². The van der Waals surface area contributed by atoms with Crippen LogP contribution in [0.25, 0.3) is 0 Å².